The van der Waals surface area contributed by atoms with Crippen LogP contribution in [0.5, 0.6) is 0 Å². The molecule has 25 heavy (non-hydrogen) atoms. The van der Waals surface area contributed by atoms with Gasteiger partial charge in [0.25, 0.3) is 0 Å². The third kappa shape index (κ3) is 4.43. The quantitative estimate of drug-likeness (QED) is 0.861. The Morgan fingerprint density at radius 2 is 2.00 bits per heavy atom. The van der Waals surface area contributed by atoms with Gasteiger partial charge in [-0.1, -0.05) is 49.4 Å². The van der Waals surface area contributed by atoms with E-state index in [4.69, 9.17) is 16.3 Å². The number of imidazole rings is 1. The number of aromatic amines is 1. The fourth-order valence-corrected chi connectivity index (χ4v) is 4.17. The summed E-state index contributed by atoms with van der Waals surface area (Å²) in [7, 11) is 0. The van der Waals surface area contributed by atoms with Crippen LogP contribution in [-0.2, 0) is 17.7 Å². The van der Waals surface area contributed by atoms with Gasteiger partial charge in [0.05, 0.1) is 12.7 Å². The molecule has 0 radical (unpaired) electrons. The van der Waals surface area contributed by atoms with E-state index in [0.717, 1.165) is 49.4 Å². The predicted octanol–water partition coefficient (Wildman–Crippen LogP) is 4.37. The summed E-state index contributed by atoms with van der Waals surface area (Å²) in [5.41, 5.74) is 2.41. The Labute approximate surface area is 154 Å². The van der Waals surface area contributed by atoms with Crippen LogP contribution in [0.15, 0.2) is 30.5 Å². The van der Waals surface area contributed by atoms with Crippen molar-refractivity contribution in [3.05, 3.63) is 52.6 Å². The molecule has 1 unspecified atom stereocenters. The number of nitrogens with zero attached hydrogens (tertiary/aromatic N) is 2. The van der Waals surface area contributed by atoms with Crippen LogP contribution < -0.4 is 0 Å². The average Bonchev–Trinajstić information content (AvgIpc) is 3.28. The number of H-pyrrole nitrogens is 1. The van der Waals surface area contributed by atoms with Gasteiger partial charge in [-0.3, -0.25) is 4.90 Å². The SMILES string of the molecule is Clc1ccc(C2CN(Cc3cnc(CC4CCCC4)[nH]3)CCO2)cc1. The highest BCUT2D eigenvalue weighted by molar-refractivity contribution is 6.30. The molecule has 5 heteroatoms. The number of aromatic nitrogens is 2. The second-order valence-electron chi connectivity index (χ2n) is 7.36. The molecule has 1 saturated carbocycles. The van der Waals surface area contributed by atoms with Crippen LogP contribution in [-0.4, -0.2) is 34.6 Å². The maximum absolute atomic E-state index is 5.99. The molecule has 1 aliphatic carbocycles. The van der Waals surface area contributed by atoms with Crippen molar-refractivity contribution in [1.82, 2.24) is 14.9 Å². The molecule has 1 aromatic carbocycles. The molecule has 2 fully saturated rings. The first-order valence-electron chi connectivity index (χ1n) is 9.38. The first-order valence-corrected chi connectivity index (χ1v) is 9.76. The zero-order valence-electron chi connectivity index (χ0n) is 14.6. The molecule has 2 aliphatic rings. The minimum atomic E-state index is 0.117. The van der Waals surface area contributed by atoms with Gasteiger partial charge >= 0.3 is 0 Å². The number of morpholine rings is 1. The number of benzene rings is 1. The van der Waals surface area contributed by atoms with E-state index in [0.29, 0.717) is 0 Å². The van der Waals surface area contributed by atoms with Gasteiger partial charge in [0, 0.05) is 43.0 Å². The first-order chi connectivity index (χ1) is 12.3. The molecule has 2 aromatic rings. The molecule has 4 nitrogen and oxygen atoms in total. The fraction of sp³-hybridized carbons (Fsp3) is 0.550. The summed E-state index contributed by atoms with van der Waals surface area (Å²) < 4.78 is 5.96. The van der Waals surface area contributed by atoms with Crippen molar-refractivity contribution < 1.29 is 4.74 Å². The van der Waals surface area contributed by atoms with Crippen molar-refractivity contribution >= 4 is 11.6 Å². The van der Waals surface area contributed by atoms with Crippen LogP contribution in [0.3, 0.4) is 0 Å². The lowest BCUT2D eigenvalue weighted by Crippen LogP contribution is -2.37. The Balaban J connectivity index is 1.34. The third-order valence-electron chi connectivity index (χ3n) is 5.42. The Bertz CT molecular complexity index is 679. The maximum atomic E-state index is 5.99. The van der Waals surface area contributed by atoms with Crippen LogP contribution >= 0.6 is 11.6 Å². The van der Waals surface area contributed by atoms with E-state index in [1.165, 1.54) is 36.9 Å². The summed E-state index contributed by atoms with van der Waals surface area (Å²) in [6.45, 7) is 3.53. The second kappa shape index (κ2) is 7.90. The summed E-state index contributed by atoms with van der Waals surface area (Å²) in [4.78, 5) is 10.6. The fourth-order valence-electron chi connectivity index (χ4n) is 4.04. The van der Waals surface area contributed by atoms with Crippen LogP contribution in [0.1, 0.15) is 48.9 Å². The first kappa shape index (κ1) is 17.1. The Morgan fingerprint density at radius 3 is 2.80 bits per heavy atom. The largest absolute Gasteiger partial charge is 0.371 e. The van der Waals surface area contributed by atoms with Gasteiger partial charge in [-0.2, -0.15) is 0 Å². The Kier molecular flexibility index (Phi) is 5.39. The maximum Gasteiger partial charge on any atom is 0.106 e. The van der Waals surface area contributed by atoms with Gasteiger partial charge in [-0.15, -0.1) is 0 Å². The van der Waals surface area contributed by atoms with E-state index < -0.39 is 0 Å². The van der Waals surface area contributed by atoms with Crippen molar-refractivity contribution in [1.29, 1.82) is 0 Å². The van der Waals surface area contributed by atoms with Gasteiger partial charge in [0.1, 0.15) is 5.82 Å². The van der Waals surface area contributed by atoms with Crippen molar-refractivity contribution in [2.75, 3.05) is 19.7 Å². The zero-order chi connectivity index (χ0) is 17.1. The number of rotatable bonds is 5. The lowest BCUT2D eigenvalue weighted by molar-refractivity contribution is -0.0332. The van der Waals surface area contributed by atoms with Gasteiger partial charge in [-0.05, 0) is 23.6 Å². The van der Waals surface area contributed by atoms with Crippen LogP contribution in [0.2, 0.25) is 5.02 Å². The van der Waals surface area contributed by atoms with Crippen molar-refractivity contribution in [2.45, 2.75) is 44.8 Å². The number of nitrogens with one attached hydrogen (secondary N) is 1. The predicted molar refractivity (Wildman–Crippen MR) is 99.7 cm³/mol. The lowest BCUT2D eigenvalue weighted by Gasteiger charge is -2.32. The molecule has 0 amide bonds. The van der Waals surface area contributed by atoms with Crippen molar-refractivity contribution in [3.8, 4) is 0 Å². The van der Waals surface area contributed by atoms with E-state index in [1.54, 1.807) is 0 Å². The number of halogens is 1. The lowest BCUT2D eigenvalue weighted by atomic mass is 10.0. The molecule has 1 N–H and O–H groups in total. The summed E-state index contributed by atoms with van der Waals surface area (Å²) in [6, 6.07) is 7.99. The minimum Gasteiger partial charge on any atom is -0.371 e. The number of hydrogen-bond donors (Lipinski definition) is 1. The summed E-state index contributed by atoms with van der Waals surface area (Å²) in [6.07, 6.45) is 8.74. The van der Waals surface area contributed by atoms with Gasteiger partial charge in [-0.25, -0.2) is 4.98 Å². The van der Waals surface area contributed by atoms with Crippen molar-refractivity contribution in [3.63, 3.8) is 0 Å². The third-order valence-corrected chi connectivity index (χ3v) is 5.68. The molecular formula is C20H26ClN3O. The van der Waals surface area contributed by atoms with Crippen molar-refractivity contribution in [2.24, 2.45) is 5.92 Å². The molecule has 1 saturated heterocycles. The number of ether oxygens (including phenoxy) is 1. The normalized spacial score (nSPS) is 22.5. The smallest absolute Gasteiger partial charge is 0.106 e. The van der Waals surface area contributed by atoms with Crippen LogP contribution in [0.4, 0.5) is 0 Å². The molecule has 0 spiro atoms. The molecule has 4 rings (SSSR count). The van der Waals surface area contributed by atoms with Gasteiger partial charge < -0.3 is 9.72 Å². The standard InChI is InChI=1S/C20H26ClN3O/c21-17-7-5-16(6-8-17)19-14-24(9-10-25-19)13-18-12-22-20(23-18)11-15-3-1-2-4-15/h5-8,12,15,19H,1-4,9-11,13-14H2,(H,22,23). The van der Waals surface area contributed by atoms with Crippen LogP contribution in [0, 0.1) is 5.92 Å². The second-order valence-corrected chi connectivity index (χ2v) is 7.79. The topological polar surface area (TPSA) is 41.2 Å². The molecule has 0 bridgehead atoms. The molecular weight excluding hydrogens is 334 g/mol. The minimum absolute atomic E-state index is 0.117. The average molecular weight is 360 g/mol. The monoisotopic (exact) mass is 359 g/mol. The highest BCUT2D eigenvalue weighted by atomic mass is 35.5. The molecule has 134 valence electrons. The van der Waals surface area contributed by atoms with Gasteiger partial charge in [0.15, 0.2) is 0 Å². The zero-order valence-corrected chi connectivity index (χ0v) is 15.3. The van der Waals surface area contributed by atoms with E-state index in [1.807, 2.05) is 18.3 Å². The summed E-state index contributed by atoms with van der Waals surface area (Å²) in [5.74, 6) is 1.99. The molecule has 1 aliphatic heterocycles. The highest BCUT2D eigenvalue weighted by Gasteiger charge is 2.23. The summed E-state index contributed by atoms with van der Waals surface area (Å²) >= 11 is 5.99. The number of hydrogen-bond acceptors (Lipinski definition) is 3. The van der Waals surface area contributed by atoms with Gasteiger partial charge in [0.2, 0.25) is 0 Å². The molecule has 1 atom stereocenters. The van der Waals surface area contributed by atoms with E-state index in [2.05, 4.69) is 27.0 Å². The molecule has 1 aromatic heterocycles. The van der Waals surface area contributed by atoms with E-state index in [9.17, 15) is 0 Å². The summed E-state index contributed by atoms with van der Waals surface area (Å²) in [5, 5.41) is 0.767. The Morgan fingerprint density at radius 1 is 1.20 bits per heavy atom. The van der Waals surface area contributed by atoms with Crippen LogP contribution in [0.25, 0.3) is 0 Å². The van der Waals surface area contributed by atoms with E-state index >= 15 is 0 Å². The molecule has 2 heterocycles. The highest BCUT2D eigenvalue weighted by Crippen LogP contribution is 2.27. The van der Waals surface area contributed by atoms with E-state index in [-0.39, 0.29) is 6.10 Å². The Hall–Kier alpha value is -1.36.